The van der Waals surface area contributed by atoms with E-state index in [0.29, 0.717) is 6.07 Å². The van der Waals surface area contributed by atoms with Crippen molar-refractivity contribution in [2.24, 2.45) is 0 Å². The van der Waals surface area contributed by atoms with Crippen molar-refractivity contribution in [3.63, 3.8) is 0 Å². The van der Waals surface area contributed by atoms with Crippen molar-refractivity contribution in [3.8, 4) is 11.3 Å². The highest BCUT2D eigenvalue weighted by Crippen LogP contribution is 2.35. The molecule has 1 aromatic carbocycles. The third-order valence-electron chi connectivity index (χ3n) is 2.44. The lowest BCUT2D eigenvalue weighted by atomic mass is 10.1. The molecular formula is C12H5Cl3F3NO. The second kappa shape index (κ2) is 5.31. The van der Waals surface area contributed by atoms with Crippen LogP contribution in [0.25, 0.3) is 11.3 Å². The molecule has 0 aliphatic rings. The van der Waals surface area contributed by atoms with Crippen LogP contribution in [-0.2, 0) is 6.18 Å². The summed E-state index contributed by atoms with van der Waals surface area (Å²) in [6.45, 7) is 0. The van der Waals surface area contributed by atoms with Crippen LogP contribution in [-0.4, -0.2) is 4.98 Å². The van der Waals surface area contributed by atoms with Crippen LogP contribution < -0.4 is 5.43 Å². The van der Waals surface area contributed by atoms with Crippen LogP contribution in [0.1, 0.15) is 5.69 Å². The molecule has 20 heavy (non-hydrogen) atoms. The van der Waals surface area contributed by atoms with E-state index in [1.54, 1.807) is 0 Å². The number of H-pyrrole nitrogens is 1. The van der Waals surface area contributed by atoms with E-state index in [4.69, 9.17) is 34.8 Å². The Morgan fingerprint density at radius 3 is 2.00 bits per heavy atom. The fraction of sp³-hybridized carbons (Fsp3) is 0.0833. The van der Waals surface area contributed by atoms with Crippen LogP contribution in [0.4, 0.5) is 13.2 Å². The van der Waals surface area contributed by atoms with Crippen LogP contribution in [0.3, 0.4) is 0 Å². The number of rotatable bonds is 1. The first kappa shape index (κ1) is 15.2. The molecule has 8 heteroatoms. The van der Waals surface area contributed by atoms with Crippen molar-refractivity contribution in [1.82, 2.24) is 4.98 Å². The average Bonchev–Trinajstić information content (AvgIpc) is 2.33. The first-order valence-electron chi connectivity index (χ1n) is 5.15. The number of nitrogens with one attached hydrogen (secondary N) is 1. The van der Waals surface area contributed by atoms with E-state index in [1.807, 2.05) is 0 Å². The fourth-order valence-electron chi connectivity index (χ4n) is 1.56. The van der Waals surface area contributed by atoms with Gasteiger partial charge in [0, 0.05) is 23.4 Å². The summed E-state index contributed by atoms with van der Waals surface area (Å²) in [5.74, 6) is 0. The van der Waals surface area contributed by atoms with Gasteiger partial charge >= 0.3 is 6.18 Å². The predicted octanol–water partition coefficient (Wildman–Crippen LogP) is 5.02. The molecule has 0 bridgehead atoms. The maximum atomic E-state index is 12.6. The topological polar surface area (TPSA) is 32.9 Å². The van der Waals surface area contributed by atoms with E-state index in [9.17, 15) is 18.0 Å². The molecular weight excluding hydrogens is 337 g/mol. The molecule has 2 aromatic rings. The second-order valence-corrected chi connectivity index (χ2v) is 5.09. The molecule has 0 radical (unpaired) electrons. The molecule has 0 spiro atoms. The molecule has 2 nitrogen and oxygen atoms in total. The van der Waals surface area contributed by atoms with Crippen LogP contribution in [0.5, 0.6) is 0 Å². The summed E-state index contributed by atoms with van der Waals surface area (Å²) in [6, 6.07) is 4.14. The van der Waals surface area contributed by atoms with Gasteiger partial charge in [-0.1, -0.05) is 34.8 Å². The number of halogens is 6. The summed E-state index contributed by atoms with van der Waals surface area (Å²) in [5.41, 5.74) is -1.76. The molecule has 0 unspecified atom stereocenters. The maximum Gasteiger partial charge on any atom is 0.431 e. The summed E-state index contributed by atoms with van der Waals surface area (Å²) >= 11 is 17.4. The highest BCUT2D eigenvalue weighted by molar-refractivity contribution is 6.48. The van der Waals surface area contributed by atoms with Gasteiger partial charge in [-0.25, -0.2) is 0 Å². The molecule has 0 saturated carbocycles. The standard InChI is InChI=1S/C12H5Cl3F3NO/c13-7-1-5(2-8(14)11(7)15)9-3-6(20)4-10(19-9)12(16,17)18/h1-4H,(H,19,20). The van der Waals surface area contributed by atoms with Crippen molar-refractivity contribution in [2.75, 3.05) is 0 Å². The van der Waals surface area contributed by atoms with E-state index in [-0.39, 0.29) is 26.3 Å². The molecule has 1 N–H and O–H groups in total. The molecule has 0 amide bonds. The molecule has 1 heterocycles. The summed E-state index contributed by atoms with van der Waals surface area (Å²) in [5, 5.41) is 0.242. The molecule has 0 aliphatic heterocycles. The third kappa shape index (κ3) is 3.11. The molecule has 2 rings (SSSR count). The Balaban J connectivity index is 2.65. The van der Waals surface area contributed by atoms with Crippen molar-refractivity contribution < 1.29 is 13.2 Å². The van der Waals surface area contributed by atoms with Gasteiger partial charge in [-0.2, -0.15) is 13.2 Å². The Morgan fingerprint density at radius 1 is 0.950 bits per heavy atom. The Hall–Kier alpha value is -1.17. The number of aromatic nitrogens is 1. The average molecular weight is 343 g/mol. The predicted molar refractivity (Wildman–Crippen MR) is 72.5 cm³/mol. The van der Waals surface area contributed by atoms with Crippen LogP contribution in [0.2, 0.25) is 15.1 Å². The van der Waals surface area contributed by atoms with Gasteiger partial charge in [-0.3, -0.25) is 4.79 Å². The van der Waals surface area contributed by atoms with E-state index in [2.05, 4.69) is 4.98 Å². The number of hydrogen-bond acceptors (Lipinski definition) is 1. The fourth-order valence-corrected chi connectivity index (χ4v) is 2.16. The SMILES string of the molecule is O=c1cc(-c2cc(Cl)c(Cl)c(Cl)c2)[nH]c(C(F)(F)F)c1. The zero-order valence-corrected chi connectivity index (χ0v) is 11.8. The lowest BCUT2D eigenvalue weighted by Crippen LogP contribution is -2.13. The zero-order chi connectivity index (χ0) is 15.1. The van der Waals surface area contributed by atoms with Crippen molar-refractivity contribution in [3.05, 3.63) is 55.3 Å². The Morgan fingerprint density at radius 2 is 1.50 bits per heavy atom. The normalized spacial score (nSPS) is 11.7. The molecule has 0 saturated heterocycles. The minimum absolute atomic E-state index is 0.0507. The van der Waals surface area contributed by atoms with Crippen molar-refractivity contribution in [2.45, 2.75) is 6.18 Å². The largest absolute Gasteiger partial charge is 0.431 e. The lowest BCUT2D eigenvalue weighted by Gasteiger charge is -2.10. The molecule has 0 fully saturated rings. The molecule has 1 aromatic heterocycles. The third-order valence-corrected chi connectivity index (χ3v) is 3.64. The van der Waals surface area contributed by atoms with Gasteiger partial charge in [0.1, 0.15) is 5.69 Å². The Kier molecular flexibility index (Phi) is 4.04. The number of aromatic amines is 1. The zero-order valence-electron chi connectivity index (χ0n) is 9.49. The highest BCUT2D eigenvalue weighted by Gasteiger charge is 2.32. The van der Waals surface area contributed by atoms with Crippen LogP contribution in [0.15, 0.2) is 29.1 Å². The summed E-state index contributed by atoms with van der Waals surface area (Å²) in [7, 11) is 0. The summed E-state index contributed by atoms with van der Waals surface area (Å²) in [4.78, 5) is 13.5. The smallest absolute Gasteiger partial charge is 0.351 e. The Labute approximate surface area is 126 Å². The van der Waals surface area contributed by atoms with Crippen molar-refractivity contribution >= 4 is 34.8 Å². The first-order chi connectivity index (χ1) is 9.18. The first-order valence-corrected chi connectivity index (χ1v) is 6.28. The van der Waals surface area contributed by atoms with E-state index in [1.165, 1.54) is 12.1 Å². The molecule has 0 atom stereocenters. The monoisotopic (exact) mass is 341 g/mol. The van der Waals surface area contributed by atoms with Crippen LogP contribution >= 0.6 is 34.8 Å². The van der Waals surface area contributed by atoms with E-state index < -0.39 is 17.3 Å². The molecule has 0 aliphatic carbocycles. The van der Waals surface area contributed by atoms with Gasteiger partial charge in [0.25, 0.3) is 0 Å². The van der Waals surface area contributed by atoms with Gasteiger partial charge < -0.3 is 4.98 Å². The number of hydrogen-bond donors (Lipinski definition) is 1. The summed E-state index contributed by atoms with van der Waals surface area (Å²) in [6.07, 6.45) is -4.66. The van der Waals surface area contributed by atoms with Crippen molar-refractivity contribution in [1.29, 1.82) is 0 Å². The number of benzene rings is 1. The van der Waals surface area contributed by atoms with E-state index in [0.717, 1.165) is 6.07 Å². The van der Waals surface area contributed by atoms with E-state index >= 15 is 0 Å². The second-order valence-electron chi connectivity index (χ2n) is 3.90. The lowest BCUT2D eigenvalue weighted by molar-refractivity contribution is -0.141. The summed E-state index contributed by atoms with van der Waals surface area (Å²) < 4.78 is 37.9. The number of pyridine rings is 1. The van der Waals surface area contributed by atoms with Gasteiger partial charge in [-0.15, -0.1) is 0 Å². The van der Waals surface area contributed by atoms with Gasteiger partial charge in [-0.05, 0) is 12.1 Å². The number of alkyl halides is 3. The maximum absolute atomic E-state index is 12.6. The highest BCUT2D eigenvalue weighted by atomic mass is 35.5. The Bertz CT molecular complexity index is 702. The van der Waals surface area contributed by atoms with Gasteiger partial charge in [0.05, 0.1) is 15.1 Å². The molecule has 106 valence electrons. The van der Waals surface area contributed by atoms with Crippen LogP contribution in [0, 0.1) is 0 Å². The van der Waals surface area contributed by atoms with Gasteiger partial charge in [0.2, 0.25) is 0 Å². The minimum atomic E-state index is -4.66. The quantitative estimate of drug-likeness (QED) is 0.725. The van der Waals surface area contributed by atoms with Gasteiger partial charge in [0.15, 0.2) is 5.43 Å². The minimum Gasteiger partial charge on any atom is -0.351 e.